The van der Waals surface area contributed by atoms with Crippen LogP contribution in [0.4, 0.5) is 5.69 Å². The molecule has 0 bridgehead atoms. The zero-order valence-electron chi connectivity index (χ0n) is 13.7. The van der Waals surface area contributed by atoms with Crippen molar-refractivity contribution in [3.63, 3.8) is 0 Å². The van der Waals surface area contributed by atoms with Gasteiger partial charge in [-0.15, -0.1) is 0 Å². The third kappa shape index (κ3) is 2.50. The van der Waals surface area contributed by atoms with Gasteiger partial charge in [0.2, 0.25) is 15.9 Å². The van der Waals surface area contributed by atoms with Gasteiger partial charge < -0.3 is 10.1 Å². The number of carbonyl (C=O) groups excluding carboxylic acids is 1. The third-order valence-corrected chi connectivity index (χ3v) is 7.24. The van der Waals surface area contributed by atoms with Gasteiger partial charge in [-0.05, 0) is 56.7 Å². The third-order valence-electron chi connectivity index (χ3n) is 5.32. The van der Waals surface area contributed by atoms with Crippen LogP contribution < -0.4 is 10.1 Å². The highest BCUT2D eigenvalue weighted by atomic mass is 32.2. The quantitative estimate of drug-likeness (QED) is 0.853. The molecule has 0 atom stereocenters. The van der Waals surface area contributed by atoms with E-state index in [1.165, 1.54) is 10.4 Å². The molecule has 1 saturated heterocycles. The van der Waals surface area contributed by atoms with Gasteiger partial charge in [0, 0.05) is 18.8 Å². The molecule has 4 rings (SSSR count). The number of amides is 1. The lowest BCUT2D eigenvalue weighted by atomic mass is 10.2. The van der Waals surface area contributed by atoms with Gasteiger partial charge >= 0.3 is 0 Å². The first-order valence-corrected chi connectivity index (χ1v) is 10.00. The van der Waals surface area contributed by atoms with Crippen molar-refractivity contribution in [1.82, 2.24) is 4.31 Å². The summed E-state index contributed by atoms with van der Waals surface area (Å²) in [6, 6.07) is 4.88. The van der Waals surface area contributed by atoms with Crippen molar-refractivity contribution in [2.45, 2.75) is 37.5 Å². The summed E-state index contributed by atoms with van der Waals surface area (Å²) in [5.41, 5.74) is 0.375. The zero-order valence-corrected chi connectivity index (χ0v) is 14.6. The molecule has 7 heteroatoms. The Hall–Kier alpha value is -1.60. The number of hydrogen-bond donors (Lipinski definition) is 1. The maximum atomic E-state index is 12.9. The van der Waals surface area contributed by atoms with Crippen molar-refractivity contribution in [3.05, 3.63) is 18.2 Å². The minimum atomic E-state index is -3.60. The van der Waals surface area contributed by atoms with E-state index in [4.69, 9.17) is 4.74 Å². The molecule has 0 spiro atoms. The lowest BCUT2D eigenvalue weighted by Crippen LogP contribution is -2.28. The number of sulfonamides is 1. The fourth-order valence-electron chi connectivity index (χ4n) is 3.46. The van der Waals surface area contributed by atoms with Crippen LogP contribution in [-0.4, -0.2) is 38.3 Å². The number of carbonyl (C=O) groups is 1. The summed E-state index contributed by atoms with van der Waals surface area (Å²) in [5, 5.41) is 2.88. The Morgan fingerprint density at radius 3 is 2.58 bits per heavy atom. The molecule has 1 N–H and O–H groups in total. The first-order chi connectivity index (χ1) is 11.5. The number of fused-ring (bicyclic) bond motifs is 1. The summed E-state index contributed by atoms with van der Waals surface area (Å²) in [4.78, 5) is 12.4. The second kappa shape index (κ2) is 5.46. The minimum absolute atomic E-state index is 0.0150. The fraction of sp³-hybridized carbons (Fsp3) is 0.588. The SMILES string of the molecule is CCOc1ccc(NC(=O)C23CC2C3)cc1S(=O)(=O)N1CCCC1. The van der Waals surface area contributed by atoms with Crippen molar-refractivity contribution in [1.29, 1.82) is 0 Å². The van der Waals surface area contributed by atoms with Crippen molar-refractivity contribution >= 4 is 21.6 Å². The first kappa shape index (κ1) is 15.9. The lowest BCUT2D eigenvalue weighted by molar-refractivity contribution is -0.119. The van der Waals surface area contributed by atoms with Crippen LogP contribution in [0.2, 0.25) is 0 Å². The molecule has 0 radical (unpaired) electrons. The van der Waals surface area contributed by atoms with E-state index in [1.54, 1.807) is 12.1 Å². The molecule has 3 aliphatic rings. The highest BCUT2D eigenvalue weighted by Gasteiger charge is 2.74. The molecule has 1 heterocycles. The molecular weight excluding hydrogens is 328 g/mol. The Morgan fingerprint density at radius 2 is 2.00 bits per heavy atom. The molecule has 0 unspecified atom stereocenters. The van der Waals surface area contributed by atoms with E-state index in [0.29, 0.717) is 37.1 Å². The Kier molecular flexibility index (Phi) is 3.61. The molecule has 6 nitrogen and oxygen atoms in total. The minimum Gasteiger partial charge on any atom is -0.492 e. The summed E-state index contributed by atoms with van der Waals surface area (Å²) in [5.74, 6) is 0.908. The summed E-state index contributed by atoms with van der Waals surface area (Å²) in [6.45, 7) is 3.28. The Bertz CT molecular complexity index is 778. The van der Waals surface area contributed by atoms with E-state index >= 15 is 0 Å². The number of ether oxygens (including phenoxy) is 1. The molecule has 130 valence electrons. The van der Waals surface area contributed by atoms with Gasteiger partial charge in [-0.2, -0.15) is 4.31 Å². The number of nitrogens with one attached hydrogen (secondary N) is 1. The smallest absolute Gasteiger partial charge is 0.246 e. The standard InChI is InChI=1S/C17H22N2O4S/c1-2-23-14-6-5-13(18-16(20)17-10-12(17)11-17)9-15(14)24(21,22)19-7-3-4-8-19/h5-6,9,12H,2-4,7-8,10-11H2,1H3,(H,18,20). The molecule has 3 fully saturated rings. The zero-order chi connectivity index (χ0) is 16.9. The predicted octanol–water partition coefficient (Wildman–Crippen LogP) is 2.22. The van der Waals surface area contributed by atoms with E-state index in [2.05, 4.69) is 5.32 Å². The molecule has 2 saturated carbocycles. The first-order valence-electron chi connectivity index (χ1n) is 8.56. The maximum absolute atomic E-state index is 12.9. The maximum Gasteiger partial charge on any atom is 0.246 e. The second-order valence-corrected chi connectivity index (χ2v) is 8.83. The number of rotatable bonds is 6. The highest BCUT2D eigenvalue weighted by Crippen LogP contribution is 2.75. The molecule has 1 amide bonds. The number of nitrogens with zero attached hydrogens (tertiary/aromatic N) is 1. The molecule has 1 aromatic rings. The molecule has 24 heavy (non-hydrogen) atoms. The average Bonchev–Trinajstić information content (AvgIpc) is 3.34. The van der Waals surface area contributed by atoms with Crippen molar-refractivity contribution in [3.8, 4) is 5.75 Å². The van der Waals surface area contributed by atoms with Gasteiger partial charge in [0.05, 0.1) is 12.0 Å². The number of hydrogen-bond acceptors (Lipinski definition) is 4. The highest BCUT2D eigenvalue weighted by molar-refractivity contribution is 7.89. The number of anilines is 1. The van der Waals surface area contributed by atoms with Crippen LogP contribution in [0, 0.1) is 11.3 Å². The van der Waals surface area contributed by atoms with Crippen LogP contribution in [-0.2, 0) is 14.8 Å². The normalized spacial score (nSPS) is 28.3. The van der Waals surface area contributed by atoms with Gasteiger partial charge in [-0.3, -0.25) is 4.79 Å². The van der Waals surface area contributed by atoms with Gasteiger partial charge in [0.15, 0.2) is 0 Å². The summed E-state index contributed by atoms with van der Waals surface area (Å²) < 4.78 is 32.8. The fourth-order valence-corrected chi connectivity index (χ4v) is 5.13. The Labute approximate surface area is 142 Å². The molecule has 1 aliphatic heterocycles. The second-order valence-electron chi connectivity index (χ2n) is 6.92. The van der Waals surface area contributed by atoms with Gasteiger partial charge in [0.1, 0.15) is 10.6 Å². The van der Waals surface area contributed by atoms with E-state index in [-0.39, 0.29) is 16.2 Å². The average molecular weight is 350 g/mol. The monoisotopic (exact) mass is 350 g/mol. The van der Waals surface area contributed by atoms with Crippen molar-refractivity contribution in [2.75, 3.05) is 25.0 Å². The van der Waals surface area contributed by atoms with E-state index < -0.39 is 10.0 Å². The molecule has 1 aromatic carbocycles. The predicted molar refractivity (Wildman–Crippen MR) is 89.4 cm³/mol. The summed E-state index contributed by atoms with van der Waals surface area (Å²) >= 11 is 0. The topological polar surface area (TPSA) is 75.7 Å². The van der Waals surface area contributed by atoms with Crippen LogP contribution in [0.1, 0.15) is 32.6 Å². The van der Waals surface area contributed by atoms with E-state index in [9.17, 15) is 13.2 Å². The molecular formula is C17H22N2O4S. The van der Waals surface area contributed by atoms with Gasteiger partial charge in [-0.25, -0.2) is 8.42 Å². The van der Waals surface area contributed by atoms with E-state index in [1.807, 2.05) is 6.92 Å². The van der Waals surface area contributed by atoms with Crippen LogP contribution >= 0.6 is 0 Å². The van der Waals surface area contributed by atoms with Crippen LogP contribution in [0.25, 0.3) is 0 Å². The summed E-state index contributed by atoms with van der Waals surface area (Å²) in [6.07, 6.45) is 3.69. The van der Waals surface area contributed by atoms with Crippen LogP contribution in [0.5, 0.6) is 5.75 Å². The van der Waals surface area contributed by atoms with Crippen LogP contribution in [0.15, 0.2) is 23.1 Å². The van der Waals surface area contributed by atoms with Gasteiger partial charge in [-0.1, -0.05) is 0 Å². The van der Waals surface area contributed by atoms with Gasteiger partial charge in [0.25, 0.3) is 0 Å². The Balaban J connectivity index is 1.64. The van der Waals surface area contributed by atoms with Crippen molar-refractivity contribution < 1.29 is 17.9 Å². The molecule has 2 aliphatic carbocycles. The Morgan fingerprint density at radius 1 is 1.33 bits per heavy atom. The lowest BCUT2D eigenvalue weighted by Gasteiger charge is -2.19. The number of benzene rings is 1. The van der Waals surface area contributed by atoms with E-state index in [0.717, 1.165) is 25.7 Å². The van der Waals surface area contributed by atoms with Crippen LogP contribution in [0.3, 0.4) is 0 Å². The molecule has 0 aromatic heterocycles. The summed E-state index contributed by atoms with van der Waals surface area (Å²) in [7, 11) is -3.60. The largest absolute Gasteiger partial charge is 0.492 e. The van der Waals surface area contributed by atoms with Crippen molar-refractivity contribution in [2.24, 2.45) is 11.3 Å².